The topological polar surface area (TPSA) is 24.1 Å². The smallest absolute Gasteiger partial charge is 0.0518 e. The van der Waals surface area contributed by atoms with Crippen molar-refractivity contribution < 1.29 is 0 Å². The summed E-state index contributed by atoms with van der Waals surface area (Å²) in [5, 5.41) is 14.6. The van der Waals surface area contributed by atoms with Crippen molar-refractivity contribution in [1.29, 1.82) is 0 Å². The van der Waals surface area contributed by atoms with Gasteiger partial charge in [-0.2, -0.15) is 0 Å². The van der Waals surface area contributed by atoms with Crippen molar-refractivity contribution in [2.45, 2.75) is 61.9 Å². The molecule has 2 nitrogen and oxygen atoms in total. The largest absolute Gasteiger partial charge is 0.308 e. The first-order valence-corrected chi connectivity index (χ1v) is 23.0. The van der Waals surface area contributed by atoms with E-state index in [4.69, 9.17) is 0 Å². The predicted octanol–water partition coefficient (Wildman–Crippen LogP) is 10.3. The van der Waals surface area contributed by atoms with Crippen LogP contribution in [0.4, 0.5) is 0 Å². The molecule has 6 aromatic carbocycles. The molecule has 2 aliphatic carbocycles. The number of benzene rings is 6. The second-order valence-electron chi connectivity index (χ2n) is 15.2. The summed E-state index contributed by atoms with van der Waals surface area (Å²) < 4.78 is 0. The highest BCUT2D eigenvalue weighted by molar-refractivity contribution is 7.74. The van der Waals surface area contributed by atoms with Gasteiger partial charge in [-0.3, -0.25) is 0 Å². The average molecular weight is 745 g/mol. The van der Waals surface area contributed by atoms with Gasteiger partial charge < -0.3 is 10.6 Å². The van der Waals surface area contributed by atoms with E-state index in [1.807, 2.05) is 0 Å². The van der Waals surface area contributed by atoms with Crippen LogP contribution in [0.1, 0.15) is 61.7 Å². The Balaban J connectivity index is 1.07. The SMILES string of the molecule is c1ccc(C(NCC2CCCC2P(c2ccccc2)c2ccccc2)C(NCC2CCCC2P(c2ccccc2)c2ccccc2)c2ccccc2)cc1. The molecular weight excluding hydrogens is 691 g/mol. The molecule has 2 fully saturated rings. The third kappa shape index (κ3) is 8.80. The Bertz CT molecular complexity index is 1740. The van der Waals surface area contributed by atoms with Gasteiger partial charge in [-0.1, -0.05) is 195 Å². The molecule has 274 valence electrons. The van der Waals surface area contributed by atoms with Crippen LogP contribution in [0.3, 0.4) is 0 Å². The van der Waals surface area contributed by atoms with Crippen molar-refractivity contribution in [2.75, 3.05) is 13.1 Å². The highest BCUT2D eigenvalue weighted by Crippen LogP contribution is 2.51. The maximum atomic E-state index is 4.28. The Kier molecular flexibility index (Phi) is 12.8. The van der Waals surface area contributed by atoms with Gasteiger partial charge in [0.1, 0.15) is 0 Å². The van der Waals surface area contributed by atoms with Crippen LogP contribution in [0.15, 0.2) is 182 Å². The van der Waals surface area contributed by atoms with Crippen molar-refractivity contribution in [2.24, 2.45) is 11.8 Å². The third-order valence-electron chi connectivity index (χ3n) is 11.9. The fourth-order valence-corrected chi connectivity index (χ4v) is 15.7. The number of hydrogen-bond donors (Lipinski definition) is 2. The van der Waals surface area contributed by atoms with E-state index in [9.17, 15) is 0 Å². The molecule has 0 aromatic heterocycles. The Labute approximate surface area is 326 Å². The highest BCUT2D eigenvalue weighted by Gasteiger charge is 2.38. The molecule has 0 amide bonds. The molecule has 0 spiro atoms. The minimum absolute atomic E-state index is 0.152. The van der Waals surface area contributed by atoms with Crippen molar-refractivity contribution in [1.82, 2.24) is 10.6 Å². The first-order valence-electron chi connectivity index (χ1n) is 20.2. The lowest BCUT2D eigenvalue weighted by molar-refractivity contribution is 0.338. The third-order valence-corrected chi connectivity index (χ3v) is 18.0. The zero-order valence-corrected chi connectivity index (χ0v) is 33.1. The van der Waals surface area contributed by atoms with Gasteiger partial charge in [0.05, 0.1) is 12.1 Å². The summed E-state index contributed by atoms with van der Waals surface area (Å²) >= 11 is 0. The van der Waals surface area contributed by atoms with Crippen molar-refractivity contribution in [3.8, 4) is 0 Å². The van der Waals surface area contributed by atoms with E-state index in [-0.39, 0.29) is 12.1 Å². The average Bonchev–Trinajstić information content (AvgIpc) is 3.91. The fraction of sp³-hybridized carbons (Fsp3) is 0.280. The molecule has 2 aliphatic rings. The van der Waals surface area contributed by atoms with Gasteiger partial charge in [0.2, 0.25) is 0 Å². The molecule has 0 heterocycles. The van der Waals surface area contributed by atoms with Gasteiger partial charge in [0.25, 0.3) is 0 Å². The van der Waals surface area contributed by atoms with E-state index in [1.54, 1.807) is 0 Å². The van der Waals surface area contributed by atoms with Gasteiger partial charge in [-0.25, -0.2) is 0 Å². The first kappa shape index (κ1) is 37.0. The monoisotopic (exact) mass is 744 g/mol. The molecule has 4 heteroatoms. The second kappa shape index (κ2) is 18.6. The van der Waals surface area contributed by atoms with Gasteiger partial charge in [-0.15, -0.1) is 0 Å². The summed E-state index contributed by atoms with van der Waals surface area (Å²) in [5.74, 6) is 1.25. The lowest BCUT2D eigenvalue weighted by atomic mass is 9.92. The molecule has 2 N–H and O–H groups in total. The molecule has 8 rings (SSSR count). The quantitative estimate of drug-likeness (QED) is 0.102. The van der Waals surface area contributed by atoms with E-state index in [0.29, 0.717) is 23.2 Å². The Morgan fingerprint density at radius 3 is 0.944 bits per heavy atom. The molecule has 54 heavy (non-hydrogen) atoms. The summed E-state index contributed by atoms with van der Waals surface area (Å²) in [7, 11) is -0.905. The van der Waals surface area contributed by atoms with Crippen molar-refractivity contribution in [3.05, 3.63) is 193 Å². The molecular formula is C50H54N2P2. The van der Waals surface area contributed by atoms with Gasteiger partial charge in [-0.05, 0) is 110 Å². The molecule has 0 radical (unpaired) electrons. The van der Waals surface area contributed by atoms with E-state index < -0.39 is 15.8 Å². The minimum Gasteiger partial charge on any atom is -0.308 e. The van der Waals surface area contributed by atoms with E-state index >= 15 is 0 Å². The number of rotatable bonds is 15. The first-order chi connectivity index (χ1) is 26.8. The molecule has 2 saturated carbocycles. The van der Waals surface area contributed by atoms with Gasteiger partial charge >= 0.3 is 0 Å². The van der Waals surface area contributed by atoms with Crippen LogP contribution in [-0.4, -0.2) is 24.4 Å². The Hall–Kier alpha value is -3.90. The molecule has 0 aliphatic heterocycles. The predicted molar refractivity (Wildman–Crippen MR) is 235 cm³/mol. The number of nitrogens with one attached hydrogen (secondary N) is 2. The van der Waals surface area contributed by atoms with E-state index in [2.05, 4.69) is 193 Å². The summed E-state index contributed by atoms with van der Waals surface area (Å²) in [6, 6.07) is 68.3. The molecule has 6 atom stereocenters. The van der Waals surface area contributed by atoms with Gasteiger partial charge in [0, 0.05) is 0 Å². The van der Waals surface area contributed by atoms with Crippen molar-refractivity contribution in [3.63, 3.8) is 0 Å². The maximum absolute atomic E-state index is 4.28. The van der Waals surface area contributed by atoms with E-state index in [1.165, 1.54) is 70.9 Å². The molecule has 0 saturated heterocycles. The lowest BCUT2D eigenvalue weighted by Crippen LogP contribution is -2.41. The van der Waals surface area contributed by atoms with Crippen LogP contribution in [-0.2, 0) is 0 Å². The number of hydrogen-bond acceptors (Lipinski definition) is 2. The summed E-state index contributed by atoms with van der Waals surface area (Å²) in [6.07, 6.45) is 7.78. The van der Waals surface area contributed by atoms with Crippen LogP contribution in [0, 0.1) is 11.8 Å². The van der Waals surface area contributed by atoms with Crippen LogP contribution in [0.25, 0.3) is 0 Å². The fourth-order valence-electron chi connectivity index (χ4n) is 9.34. The normalized spacial score (nSPS) is 21.0. The van der Waals surface area contributed by atoms with Crippen LogP contribution >= 0.6 is 15.8 Å². The zero-order chi connectivity index (χ0) is 36.4. The standard InChI is InChI=1S/C50H54N2P2/c1-7-21-39(22-8-1)49(51-37-41-25-19-35-47(41)53(43-27-11-3-12-28-43)44-29-13-4-14-30-44)50(40-23-9-2-10-24-40)52-38-42-26-20-36-48(42)54(45-31-15-5-16-32-45)46-33-17-6-18-34-46/h1-18,21-24,27-34,41-42,47-52H,19-20,25-26,35-38H2. The minimum atomic E-state index is -0.452. The zero-order valence-electron chi connectivity index (χ0n) is 31.3. The summed E-state index contributed by atoms with van der Waals surface area (Å²) in [5.41, 5.74) is 4.04. The highest BCUT2D eigenvalue weighted by atomic mass is 31.1. The second-order valence-corrected chi connectivity index (χ2v) is 20.1. The molecule has 6 unspecified atom stereocenters. The van der Waals surface area contributed by atoms with E-state index in [0.717, 1.165) is 13.1 Å². The van der Waals surface area contributed by atoms with Crippen LogP contribution in [0.5, 0.6) is 0 Å². The van der Waals surface area contributed by atoms with Gasteiger partial charge in [0.15, 0.2) is 0 Å². The summed E-state index contributed by atoms with van der Waals surface area (Å²) in [4.78, 5) is 0. The Morgan fingerprint density at radius 2 is 0.648 bits per heavy atom. The van der Waals surface area contributed by atoms with Crippen molar-refractivity contribution >= 4 is 37.1 Å². The van der Waals surface area contributed by atoms with Crippen LogP contribution in [0.2, 0.25) is 0 Å². The molecule has 0 bridgehead atoms. The summed E-state index contributed by atoms with van der Waals surface area (Å²) in [6.45, 7) is 2.04. The Morgan fingerprint density at radius 1 is 0.370 bits per heavy atom. The van der Waals surface area contributed by atoms with Crippen LogP contribution < -0.4 is 31.9 Å². The lowest BCUT2D eigenvalue weighted by Gasteiger charge is -2.36. The molecule has 6 aromatic rings. The maximum Gasteiger partial charge on any atom is 0.0518 e.